The van der Waals surface area contributed by atoms with E-state index in [0.717, 1.165) is 55.2 Å². The van der Waals surface area contributed by atoms with Gasteiger partial charge in [0, 0.05) is 11.8 Å². The average Bonchev–Trinajstić information content (AvgIpc) is 3.16. The molecule has 162 valence electrons. The van der Waals surface area contributed by atoms with Crippen molar-refractivity contribution >= 4 is 22.1 Å². The lowest BCUT2D eigenvalue weighted by atomic mass is 9.82. The standard InChI is InChI=1S/C19H24N4O6S/c1-30(27,28)16-9-7-15(8-10-16)18-17(14-5-3-2-4-6-14)19(21-20-18)22(13-24)11-12-29-23(25)26/h7-10,13-14H,2-6,11-12H2,1H3,(H,20,21). The van der Waals surface area contributed by atoms with Crippen LogP contribution in [0.2, 0.25) is 0 Å². The van der Waals surface area contributed by atoms with Crippen molar-refractivity contribution in [2.24, 2.45) is 0 Å². The van der Waals surface area contributed by atoms with E-state index in [4.69, 9.17) is 0 Å². The van der Waals surface area contributed by atoms with Gasteiger partial charge < -0.3 is 4.84 Å². The molecule has 1 fully saturated rings. The molecule has 3 rings (SSSR count). The van der Waals surface area contributed by atoms with E-state index in [1.807, 2.05) is 0 Å². The fourth-order valence-corrected chi connectivity index (χ4v) is 4.48. The molecular formula is C19H24N4O6S. The Balaban J connectivity index is 1.98. The predicted molar refractivity (Wildman–Crippen MR) is 109 cm³/mol. The monoisotopic (exact) mass is 436 g/mol. The Kier molecular flexibility index (Phi) is 6.70. The van der Waals surface area contributed by atoms with Gasteiger partial charge in [0.25, 0.3) is 5.09 Å². The molecule has 0 radical (unpaired) electrons. The summed E-state index contributed by atoms with van der Waals surface area (Å²) in [7, 11) is -3.31. The number of carbonyl (C=O) groups is 1. The van der Waals surface area contributed by atoms with Gasteiger partial charge in [-0.25, -0.2) is 8.42 Å². The van der Waals surface area contributed by atoms with E-state index in [2.05, 4.69) is 15.0 Å². The van der Waals surface area contributed by atoms with Gasteiger partial charge >= 0.3 is 0 Å². The van der Waals surface area contributed by atoms with E-state index in [9.17, 15) is 23.3 Å². The van der Waals surface area contributed by atoms with Gasteiger partial charge in [-0.2, -0.15) is 5.10 Å². The third-order valence-corrected chi connectivity index (χ3v) is 6.43. The first-order valence-corrected chi connectivity index (χ1v) is 11.6. The van der Waals surface area contributed by atoms with Crippen LogP contribution in [0.3, 0.4) is 0 Å². The number of hydrogen-bond donors (Lipinski definition) is 1. The molecule has 11 heteroatoms. The number of amides is 1. The zero-order valence-corrected chi connectivity index (χ0v) is 17.4. The summed E-state index contributed by atoms with van der Waals surface area (Å²) < 4.78 is 23.5. The van der Waals surface area contributed by atoms with E-state index < -0.39 is 14.9 Å². The van der Waals surface area contributed by atoms with Crippen LogP contribution in [0.25, 0.3) is 11.3 Å². The van der Waals surface area contributed by atoms with Crippen molar-refractivity contribution in [3.8, 4) is 11.3 Å². The smallest absolute Gasteiger partial charge is 0.294 e. The van der Waals surface area contributed by atoms with Gasteiger partial charge in [0.05, 0.1) is 17.1 Å². The number of hydrogen-bond acceptors (Lipinski definition) is 7. The third-order valence-electron chi connectivity index (χ3n) is 5.30. The largest absolute Gasteiger partial charge is 0.312 e. The molecule has 0 spiro atoms. The molecule has 30 heavy (non-hydrogen) atoms. The minimum Gasteiger partial charge on any atom is -0.312 e. The van der Waals surface area contributed by atoms with Crippen LogP contribution < -0.4 is 4.90 Å². The molecule has 0 aliphatic heterocycles. The van der Waals surface area contributed by atoms with Crippen LogP contribution in [-0.2, 0) is 19.5 Å². The van der Waals surface area contributed by atoms with Crippen LogP contribution in [0.15, 0.2) is 29.2 Å². The summed E-state index contributed by atoms with van der Waals surface area (Å²) in [4.78, 5) is 28.0. The number of nitrogens with one attached hydrogen (secondary N) is 1. The number of aromatic nitrogens is 2. The number of anilines is 1. The molecule has 0 bridgehead atoms. The first-order valence-electron chi connectivity index (χ1n) is 9.69. The Morgan fingerprint density at radius 1 is 1.27 bits per heavy atom. The van der Waals surface area contributed by atoms with Crippen LogP contribution in [0.4, 0.5) is 5.82 Å². The first kappa shape index (κ1) is 21.8. The van der Waals surface area contributed by atoms with Gasteiger partial charge in [-0.05, 0) is 36.5 Å². The van der Waals surface area contributed by atoms with Crippen LogP contribution in [0.5, 0.6) is 0 Å². The molecule has 0 saturated heterocycles. The van der Waals surface area contributed by atoms with Crippen LogP contribution >= 0.6 is 0 Å². The minimum absolute atomic E-state index is 0.0124. The van der Waals surface area contributed by atoms with Crippen molar-refractivity contribution in [2.45, 2.75) is 42.9 Å². The second-order valence-electron chi connectivity index (χ2n) is 7.32. The van der Waals surface area contributed by atoms with Gasteiger partial charge in [-0.3, -0.25) is 14.8 Å². The molecule has 1 amide bonds. The number of rotatable bonds is 9. The molecule has 1 heterocycles. The molecular weight excluding hydrogens is 412 g/mol. The number of sulfone groups is 1. The highest BCUT2D eigenvalue weighted by molar-refractivity contribution is 7.90. The van der Waals surface area contributed by atoms with Crippen molar-refractivity contribution < 1.29 is 23.1 Å². The molecule has 1 aromatic carbocycles. The maximum absolute atomic E-state index is 11.8. The van der Waals surface area contributed by atoms with E-state index in [-0.39, 0.29) is 24.0 Å². The quantitative estimate of drug-likeness (QED) is 0.363. The van der Waals surface area contributed by atoms with Crippen molar-refractivity contribution in [1.29, 1.82) is 0 Å². The number of nitrogens with zero attached hydrogens (tertiary/aromatic N) is 3. The Morgan fingerprint density at radius 2 is 1.93 bits per heavy atom. The molecule has 1 saturated carbocycles. The molecule has 1 N–H and O–H groups in total. The number of carbonyl (C=O) groups excluding carboxylic acids is 1. The first-order chi connectivity index (χ1) is 14.3. The van der Waals surface area contributed by atoms with Crippen molar-refractivity contribution in [3.63, 3.8) is 0 Å². The maximum atomic E-state index is 11.8. The SMILES string of the molecule is CS(=O)(=O)c1ccc(-c2[nH]nc(N(C=O)CCO[N+](=O)[O-])c2C2CCCCC2)cc1. The van der Waals surface area contributed by atoms with Crippen LogP contribution in [0, 0.1) is 10.1 Å². The zero-order valence-electron chi connectivity index (χ0n) is 16.6. The Hall–Kier alpha value is -2.95. The lowest BCUT2D eigenvalue weighted by Crippen LogP contribution is -2.28. The summed E-state index contributed by atoms with van der Waals surface area (Å²) >= 11 is 0. The van der Waals surface area contributed by atoms with Crippen LogP contribution in [-0.4, -0.2) is 49.5 Å². The van der Waals surface area contributed by atoms with Crippen LogP contribution in [0.1, 0.15) is 43.6 Å². The Labute approximate surface area is 174 Å². The van der Waals surface area contributed by atoms with E-state index >= 15 is 0 Å². The summed E-state index contributed by atoms with van der Waals surface area (Å²) in [6.07, 6.45) is 6.90. The molecule has 1 aliphatic carbocycles. The van der Waals surface area contributed by atoms with Crippen molar-refractivity contribution in [1.82, 2.24) is 10.2 Å². The maximum Gasteiger partial charge on any atom is 0.294 e. The molecule has 1 aromatic heterocycles. The van der Waals surface area contributed by atoms with E-state index in [0.29, 0.717) is 12.2 Å². The summed E-state index contributed by atoms with van der Waals surface area (Å²) in [5, 5.41) is 16.8. The fraction of sp³-hybridized carbons (Fsp3) is 0.474. The summed E-state index contributed by atoms with van der Waals surface area (Å²) in [5.41, 5.74) is 2.35. The topological polar surface area (TPSA) is 136 Å². The molecule has 1 aliphatic rings. The highest BCUT2D eigenvalue weighted by atomic mass is 32.2. The van der Waals surface area contributed by atoms with Gasteiger partial charge in [-0.1, -0.05) is 31.4 Å². The van der Waals surface area contributed by atoms with Gasteiger partial charge in [0.1, 0.15) is 6.61 Å². The predicted octanol–water partition coefficient (Wildman–Crippen LogP) is 2.70. The molecule has 2 aromatic rings. The highest BCUT2D eigenvalue weighted by Gasteiger charge is 2.28. The van der Waals surface area contributed by atoms with Gasteiger partial charge in [0.15, 0.2) is 15.7 Å². The normalized spacial score (nSPS) is 15.0. The van der Waals surface area contributed by atoms with Crippen molar-refractivity contribution in [2.75, 3.05) is 24.3 Å². The Morgan fingerprint density at radius 3 is 2.50 bits per heavy atom. The second kappa shape index (κ2) is 9.24. The zero-order chi connectivity index (χ0) is 21.7. The lowest BCUT2D eigenvalue weighted by Gasteiger charge is -2.25. The lowest BCUT2D eigenvalue weighted by molar-refractivity contribution is -0.757. The second-order valence-corrected chi connectivity index (χ2v) is 9.34. The summed E-state index contributed by atoms with van der Waals surface area (Å²) in [6, 6.07) is 6.50. The van der Waals surface area contributed by atoms with E-state index in [1.165, 1.54) is 17.0 Å². The number of benzene rings is 1. The fourth-order valence-electron chi connectivity index (χ4n) is 3.85. The highest BCUT2D eigenvalue weighted by Crippen LogP contribution is 2.42. The molecule has 0 unspecified atom stereocenters. The molecule has 0 atom stereocenters. The van der Waals surface area contributed by atoms with Gasteiger partial charge in [-0.15, -0.1) is 10.1 Å². The Bertz CT molecular complexity index is 997. The third kappa shape index (κ3) is 4.96. The summed E-state index contributed by atoms with van der Waals surface area (Å²) in [6.45, 7) is -0.275. The minimum atomic E-state index is -3.31. The summed E-state index contributed by atoms with van der Waals surface area (Å²) in [5.74, 6) is 0.599. The van der Waals surface area contributed by atoms with Crippen molar-refractivity contribution in [3.05, 3.63) is 39.9 Å². The molecule has 10 nitrogen and oxygen atoms in total. The number of aromatic amines is 1. The van der Waals surface area contributed by atoms with E-state index in [1.54, 1.807) is 12.1 Å². The average molecular weight is 436 g/mol. The van der Waals surface area contributed by atoms with Gasteiger partial charge in [0.2, 0.25) is 6.41 Å². The number of H-pyrrole nitrogens is 1.